The molecule has 2 nitrogen and oxygen atoms in total. The second-order valence-corrected chi connectivity index (χ2v) is 5.60. The third kappa shape index (κ3) is 4.84. The molecule has 1 aliphatic rings. The number of nitrogens with one attached hydrogen (secondary N) is 1. The maximum Gasteiger partial charge on any atom is 0.0543 e. The molecule has 1 fully saturated rings. The summed E-state index contributed by atoms with van der Waals surface area (Å²) in [6.45, 7) is 7.98. The van der Waals surface area contributed by atoms with E-state index < -0.39 is 0 Å². The van der Waals surface area contributed by atoms with E-state index in [1.165, 1.54) is 25.7 Å². The van der Waals surface area contributed by atoms with Crippen molar-refractivity contribution in [2.75, 3.05) is 6.54 Å². The van der Waals surface area contributed by atoms with E-state index >= 15 is 0 Å². The van der Waals surface area contributed by atoms with Crippen LogP contribution in [0, 0.1) is 11.8 Å². The quantitative estimate of drug-likeness (QED) is 0.701. The average molecular weight is 227 g/mol. The molecule has 2 heteroatoms. The summed E-state index contributed by atoms with van der Waals surface area (Å²) in [6, 6.07) is 0.674. The van der Waals surface area contributed by atoms with Gasteiger partial charge in [-0.05, 0) is 50.5 Å². The zero-order chi connectivity index (χ0) is 12.0. The molecule has 1 rings (SSSR count). The molecule has 96 valence electrons. The smallest absolute Gasteiger partial charge is 0.0543 e. The summed E-state index contributed by atoms with van der Waals surface area (Å²) in [5.74, 6) is 1.53. The molecule has 0 bridgehead atoms. The molecule has 0 saturated heterocycles. The van der Waals surface area contributed by atoms with Crippen LogP contribution in [-0.2, 0) is 0 Å². The van der Waals surface area contributed by atoms with Gasteiger partial charge in [0.1, 0.15) is 0 Å². The van der Waals surface area contributed by atoms with Crippen molar-refractivity contribution in [3.63, 3.8) is 0 Å². The van der Waals surface area contributed by atoms with Gasteiger partial charge in [-0.3, -0.25) is 0 Å². The van der Waals surface area contributed by atoms with Gasteiger partial charge in [0.25, 0.3) is 0 Å². The highest BCUT2D eigenvalue weighted by atomic mass is 16.3. The number of hydrogen-bond donors (Lipinski definition) is 2. The summed E-state index contributed by atoms with van der Waals surface area (Å²) in [5.41, 5.74) is 0. The van der Waals surface area contributed by atoms with Crippen LogP contribution in [0.3, 0.4) is 0 Å². The second-order valence-electron chi connectivity index (χ2n) is 5.60. The minimum Gasteiger partial charge on any atom is -0.393 e. The molecule has 0 aromatic rings. The van der Waals surface area contributed by atoms with Crippen LogP contribution < -0.4 is 5.32 Å². The van der Waals surface area contributed by atoms with Gasteiger partial charge in [-0.15, -0.1) is 0 Å². The van der Waals surface area contributed by atoms with Crippen molar-refractivity contribution in [3.05, 3.63) is 0 Å². The van der Waals surface area contributed by atoms with Gasteiger partial charge in [0.05, 0.1) is 6.10 Å². The third-order valence-corrected chi connectivity index (χ3v) is 4.09. The average Bonchev–Trinajstić information content (AvgIpc) is 2.69. The zero-order valence-corrected chi connectivity index (χ0v) is 11.2. The molecule has 0 radical (unpaired) electrons. The lowest BCUT2D eigenvalue weighted by atomic mass is 9.97. The lowest BCUT2D eigenvalue weighted by molar-refractivity contribution is 0.176. The molecule has 0 aromatic carbocycles. The van der Waals surface area contributed by atoms with Crippen molar-refractivity contribution in [2.24, 2.45) is 11.8 Å². The highest BCUT2D eigenvalue weighted by molar-refractivity contribution is 4.78. The Morgan fingerprint density at radius 2 is 2.00 bits per heavy atom. The summed E-state index contributed by atoms with van der Waals surface area (Å²) in [6.07, 6.45) is 6.98. The highest BCUT2D eigenvalue weighted by Gasteiger charge is 2.23. The van der Waals surface area contributed by atoms with Gasteiger partial charge in [-0.2, -0.15) is 0 Å². The minimum atomic E-state index is -0.0264. The lowest BCUT2D eigenvalue weighted by Crippen LogP contribution is -2.33. The summed E-state index contributed by atoms with van der Waals surface area (Å²) in [7, 11) is 0. The van der Waals surface area contributed by atoms with E-state index in [1.807, 2.05) is 0 Å². The monoisotopic (exact) mass is 227 g/mol. The van der Waals surface area contributed by atoms with Crippen LogP contribution in [0.1, 0.15) is 59.3 Å². The summed E-state index contributed by atoms with van der Waals surface area (Å²) < 4.78 is 0. The van der Waals surface area contributed by atoms with Gasteiger partial charge in [-0.25, -0.2) is 0 Å². The Kier molecular flexibility index (Phi) is 6.37. The van der Waals surface area contributed by atoms with Gasteiger partial charge < -0.3 is 10.4 Å². The van der Waals surface area contributed by atoms with Gasteiger partial charge in [0, 0.05) is 6.04 Å². The first-order valence-electron chi connectivity index (χ1n) is 7.07. The zero-order valence-electron chi connectivity index (χ0n) is 11.2. The van der Waals surface area contributed by atoms with Crippen LogP contribution >= 0.6 is 0 Å². The van der Waals surface area contributed by atoms with Crippen LogP contribution in [0.25, 0.3) is 0 Å². The molecule has 0 amide bonds. The molecule has 4 unspecified atom stereocenters. The van der Waals surface area contributed by atoms with Crippen LogP contribution in [0.4, 0.5) is 0 Å². The summed E-state index contributed by atoms with van der Waals surface area (Å²) in [5, 5.41) is 13.2. The van der Waals surface area contributed by atoms with Gasteiger partial charge in [-0.1, -0.05) is 27.2 Å². The molecule has 0 aromatic heterocycles. The van der Waals surface area contributed by atoms with E-state index in [0.29, 0.717) is 12.0 Å². The minimum absolute atomic E-state index is 0.0264. The normalized spacial score (nSPS) is 29.2. The van der Waals surface area contributed by atoms with Gasteiger partial charge in [0.15, 0.2) is 0 Å². The Labute approximate surface area is 101 Å². The Bertz CT molecular complexity index is 184. The fraction of sp³-hybridized carbons (Fsp3) is 1.00. The van der Waals surface area contributed by atoms with Crippen molar-refractivity contribution < 1.29 is 5.11 Å². The summed E-state index contributed by atoms with van der Waals surface area (Å²) >= 11 is 0. The highest BCUT2D eigenvalue weighted by Crippen LogP contribution is 2.25. The van der Waals surface area contributed by atoms with Gasteiger partial charge >= 0.3 is 0 Å². The Hall–Kier alpha value is -0.0800. The van der Waals surface area contributed by atoms with Crippen molar-refractivity contribution in [3.8, 4) is 0 Å². The molecule has 0 aliphatic heterocycles. The van der Waals surface area contributed by atoms with Crippen LogP contribution in [0.2, 0.25) is 0 Å². The fourth-order valence-corrected chi connectivity index (χ4v) is 2.61. The molecule has 0 spiro atoms. The molecule has 16 heavy (non-hydrogen) atoms. The largest absolute Gasteiger partial charge is 0.393 e. The van der Waals surface area contributed by atoms with Crippen molar-refractivity contribution in [1.29, 1.82) is 0 Å². The maximum atomic E-state index is 9.48. The Balaban J connectivity index is 2.18. The summed E-state index contributed by atoms with van der Waals surface area (Å²) in [4.78, 5) is 0. The van der Waals surface area contributed by atoms with Crippen molar-refractivity contribution >= 4 is 0 Å². The number of aliphatic hydroxyl groups excluding tert-OH is 1. The van der Waals surface area contributed by atoms with Crippen molar-refractivity contribution in [1.82, 2.24) is 5.32 Å². The first-order valence-corrected chi connectivity index (χ1v) is 7.07. The molecule has 0 heterocycles. The lowest BCUT2D eigenvalue weighted by Gasteiger charge is -2.22. The van der Waals surface area contributed by atoms with E-state index in [4.69, 9.17) is 0 Å². The number of rotatable bonds is 7. The van der Waals surface area contributed by atoms with E-state index in [1.54, 1.807) is 0 Å². The van der Waals surface area contributed by atoms with Crippen LogP contribution in [-0.4, -0.2) is 23.8 Å². The maximum absolute atomic E-state index is 9.48. The van der Waals surface area contributed by atoms with E-state index in [0.717, 1.165) is 25.3 Å². The SMILES string of the molecule is CCC(C)CC(CC)NCC1CCC(O)C1. The standard InChI is InChI=1S/C14H29NO/c1-4-11(3)8-13(5-2)15-10-12-6-7-14(16)9-12/h11-16H,4-10H2,1-3H3. The van der Waals surface area contributed by atoms with Crippen LogP contribution in [0.15, 0.2) is 0 Å². The van der Waals surface area contributed by atoms with Crippen LogP contribution in [0.5, 0.6) is 0 Å². The predicted molar refractivity (Wildman–Crippen MR) is 69.5 cm³/mol. The molecular weight excluding hydrogens is 198 g/mol. The first-order chi connectivity index (χ1) is 7.65. The Morgan fingerprint density at radius 1 is 1.25 bits per heavy atom. The third-order valence-electron chi connectivity index (χ3n) is 4.09. The van der Waals surface area contributed by atoms with E-state index in [-0.39, 0.29) is 6.10 Å². The topological polar surface area (TPSA) is 32.3 Å². The molecule has 1 aliphatic carbocycles. The molecule has 2 N–H and O–H groups in total. The molecule has 4 atom stereocenters. The second kappa shape index (κ2) is 7.29. The number of hydrogen-bond acceptors (Lipinski definition) is 2. The van der Waals surface area contributed by atoms with Crippen molar-refractivity contribution in [2.45, 2.75) is 71.4 Å². The first kappa shape index (κ1) is 14.0. The van der Waals surface area contributed by atoms with Gasteiger partial charge in [0.2, 0.25) is 0 Å². The predicted octanol–water partition coefficient (Wildman–Crippen LogP) is 2.95. The van der Waals surface area contributed by atoms with E-state index in [2.05, 4.69) is 26.1 Å². The Morgan fingerprint density at radius 3 is 2.50 bits per heavy atom. The number of aliphatic hydroxyl groups is 1. The fourth-order valence-electron chi connectivity index (χ4n) is 2.61. The molecular formula is C14H29NO. The molecule has 1 saturated carbocycles. The van der Waals surface area contributed by atoms with E-state index in [9.17, 15) is 5.11 Å².